The van der Waals surface area contributed by atoms with E-state index in [1.54, 1.807) is 21.3 Å². The lowest BCUT2D eigenvalue weighted by molar-refractivity contribution is 0.390. The number of halogens is 1. The van der Waals surface area contributed by atoms with Crippen molar-refractivity contribution in [2.24, 2.45) is 4.99 Å². The molecule has 0 aliphatic heterocycles. The van der Waals surface area contributed by atoms with E-state index in [1.807, 2.05) is 18.2 Å². The second kappa shape index (κ2) is 13.1. The van der Waals surface area contributed by atoms with Gasteiger partial charge in [0.25, 0.3) is 0 Å². The van der Waals surface area contributed by atoms with Crippen LogP contribution in [0.5, 0.6) is 11.5 Å². The number of ether oxygens (including phenoxy) is 2. The zero-order valence-electron chi connectivity index (χ0n) is 15.5. The van der Waals surface area contributed by atoms with Gasteiger partial charge in [0.05, 0.1) is 14.2 Å². The van der Waals surface area contributed by atoms with Gasteiger partial charge in [0, 0.05) is 31.3 Å². The molecule has 0 heterocycles. The van der Waals surface area contributed by atoms with Gasteiger partial charge in [-0.3, -0.25) is 4.99 Å². The van der Waals surface area contributed by atoms with E-state index in [0.29, 0.717) is 12.6 Å². The second-order valence-corrected chi connectivity index (χ2v) is 5.64. The molecule has 138 valence electrons. The van der Waals surface area contributed by atoms with Crippen molar-refractivity contribution in [2.45, 2.75) is 52.1 Å². The molecule has 2 N–H and O–H groups in total. The molecule has 1 unspecified atom stereocenters. The lowest BCUT2D eigenvalue weighted by Crippen LogP contribution is -2.41. The third kappa shape index (κ3) is 8.08. The van der Waals surface area contributed by atoms with E-state index < -0.39 is 0 Å². The first-order valence-corrected chi connectivity index (χ1v) is 8.32. The molecule has 0 spiro atoms. The first kappa shape index (κ1) is 22.8. The topological polar surface area (TPSA) is 54.9 Å². The van der Waals surface area contributed by atoms with Gasteiger partial charge in [-0.2, -0.15) is 0 Å². The Morgan fingerprint density at radius 2 is 1.96 bits per heavy atom. The van der Waals surface area contributed by atoms with Gasteiger partial charge >= 0.3 is 0 Å². The summed E-state index contributed by atoms with van der Waals surface area (Å²) in [7, 11) is 5.11. The van der Waals surface area contributed by atoms with Gasteiger partial charge in [0.1, 0.15) is 11.5 Å². The average Bonchev–Trinajstić information content (AvgIpc) is 2.58. The number of guanidine groups is 1. The Labute approximate surface area is 163 Å². The van der Waals surface area contributed by atoms with E-state index in [0.717, 1.165) is 29.4 Å². The van der Waals surface area contributed by atoms with Crippen LogP contribution in [0.4, 0.5) is 0 Å². The fourth-order valence-electron chi connectivity index (χ4n) is 2.38. The summed E-state index contributed by atoms with van der Waals surface area (Å²) in [4.78, 5) is 4.29. The molecule has 5 nitrogen and oxygen atoms in total. The molecule has 6 heteroatoms. The fourth-order valence-corrected chi connectivity index (χ4v) is 2.38. The molecule has 0 saturated carbocycles. The Kier molecular flexibility index (Phi) is 12.5. The van der Waals surface area contributed by atoms with Gasteiger partial charge in [0.2, 0.25) is 0 Å². The molecule has 0 saturated heterocycles. The van der Waals surface area contributed by atoms with E-state index in [4.69, 9.17) is 9.47 Å². The summed E-state index contributed by atoms with van der Waals surface area (Å²) in [5.74, 6) is 2.41. The number of benzene rings is 1. The summed E-state index contributed by atoms with van der Waals surface area (Å²) in [5, 5.41) is 6.77. The lowest BCUT2D eigenvalue weighted by atomic mass is 10.1. The molecule has 1 rings (SSSR count). The molecule has 0 radical (unpaired) electrons. The molecular weight excluding hydrogens is 417 g/mol. The number of nitrogens with one attached hydrogen (secondary N) is 2. The molecule has 0 amide bonds. The Balaban J connectivity index is 0.00000529. The zero-order chi connectivity index (χ0) is 17.1. The van der Waals surface area contributed by atoms with Crippen molar-refractivity contribution in [2.75, 3.05) is 21.3 Å². The van der Waals surface area contributed by atoms with Crippen LogP contribution in [-0.2, 0) is 6.54 Å². The van der Waals surface area contributed by atoms with Gasteiger partial charge in [-0.1, -0.05) is 26.2 Å². The highest BCUT2D eigenvalue weighted by Gasteiger charge is 2.08. The van der Waals surface area contributed by atoms with Crippen LogP contribution in [0.2, 0.25) is 0 Å². The van der Waals surface area contributed by atoms with E-state index in [1.165, 1.54) is 19.3 Å². The quantitative estimate of drug-likeness (QED) is 0.260. The number of hydrogen-bond donors (Lipinski definition) is 2. The number of aliphatic imine (C=N–C) groups is 1. The normalized spacial score (nSPS) is 12.1. The zero-order valence-corrected chi connectivity index (χ0v) is 17.8. The van der Waals surface area contributed by atoms with Crippen LogP contribution < -0.4 is 20.1 Å². The third-order valence-corrected chi connectivity index (χ3v) is 3.79. The van der Waals surface area contributed by atoms with Gasteiger partial charge in [-0.15, -0.1) is 24.0 Å². The summed E-state index contributed by atoms with van der Waals surface area (Å²) in [6.07, 6.45) is 4.92. The molecular formula is C18H32IN3O2. The minimum Gasteiger partial charge on any atom is -0.497 e. The van der Waals surface area contributed by atoms with Gasteiger partial charge in [-0.25, -0.2) is 0 Å². The standard InChI is InChI=1S/C18H31N3O2.HI/c1-6-7-8-9-14(2)21-18(19-3)20-13-15-10-11-16(22-4)12-17(15)23-5;/h10-12,14H,6-9,13H2,1-5H3,(H2,19,20,21);1H. The Bertz CT molecular complexity index is 495. The number of unbranched alkanes of at least 4 members (excludes halogenated alkanes) is 2. The summed E-state index contributed by atoms with van der Waals surface area (Å²) in [5.41, 5.74) is 1.06. The average molecular weight is 449 g/mol. The predicted molar refractivity (Wildman–Crippen MR) is 112 cm³/mol. The van der Waals surface area contributed by atoms with Crippen molar-refractivity contribution in [1.29, 1.82) is 0 Å². The number of nitrogens with zero attached hydrogens (tertiary/aromatic N) is 1. The summed E-state index contributed by atoms with van der Waals surface area (Å²) in [6.45, 7) is 5.06. The number of rotatable bonds is 9. The lowest BCUT2D eigenvalue weighted by Gasteiger charge is -2.18. The number of hydrogen-bond acceptors (Lipinski definition) is 3. The summed E-state index contributed by atoms with van der Waals surface area (Å²) in [6, 6.07) is 6.23. The van der Waals surface area contributed by atoms with E-state index in [-0.39, 0.29) is 24.0 Å². The predicted octanol–water partition coefficient (Wildman–Crippen LogP) is 3.96. The smallest absolute Gasteiger partial charge is 0.191 e. The van der Waals surface area contributed by atoms with Crippen LogP contribution in [0.15, 0.2) is 23.2 Å². The van der Waals surface area contributed by atoms with Gasteiger partial charge in [-0.05, 0) is 25.5 Å². The first-order chi connectivity index (χ1) is 11.1. The summed E-state index contributed by atoms with van der Waals surface area (Å²) < 4.78 is 10.6. The van der Waals surface area contributed by atoms with Crippen LogP contribution in [0.25, 0.3) is 0 Å². The maximum Gasteiger partial charge on any atom is 0.191 e. The highest BCUT2D eigenvalue weighted by Crippen LogP contribution is 2.24. The molecule has 0 fully saturated rings. The molecule has 1 aromatic rings. The van der Waals surface area contributed by atoms with Crippen molar-refractivity contribution < 1.29 is 9.47 Å². The fraction of sp³-hybridized carbons (Fsp3) is 0.611. The first-order valence-electron chi connectivity index (χ1n) is 8.32. The van der Waals surface area contributed by atoms with Crippen LogP contribution in [0.1, 0.15) is 45.1 Å². The van der Waals surface area contributed by atoms with Crippen molar-refractivity contribution in [3.05, 3.63) is 23.8 Å². The van der Waals surface area contributed by atoms with Crippen molar-refractivity contribution in [3.63, 3.8) is 0 Å². The Hall–Kier alpha value is -1.18. The Morgan fingerprint density at radius 3 is 2.54 bits per heavy atom. The molecule has 0 aromatic heterocycles. The minimum absolute atomic E-state index is 0. The van der Waals surface area contributed by atoms with Crippen molar-refractivity contribution >= 4 is 29.9 Å². The Morgan fingerprint density at radius 1 is 1.21 bits per heavy atom. The van der Waals surface area contributed by atoms with Crippen molar-refractivity contribution in [1.82, 2.24) is 10.6 Å². The van der Waals surface area contributed by atoms with Crippen LogP contribution in [-0.4, -0.2) is 33.3 Å². The molecule has 0 aliphatic carbocycles. The molecule has 1 atom stereocenters. The third-order valence-electron chi connectivity index (χ3n) is 3.79. The molecule has 1 aromatic carbocycles. The van der Waals surface area contributed by atoms with E-state index in [9.17, 15) is 0 Å². The monoisotopic (exact) mass is 449 g/mol. The largest absolute Gasteiger partial charge is 0.497 e. The molecule has 0 bridgehead atoms. The van der Waals surface area contributed by atoms with Crippen LogP contribution in [0, 0.1) is 0 Å². The minimum atomic E-state index is 0. The molecule has 0 aliphatic rings. The second-order valence-electron chi connectivity index (χ2n) is 5.64. The van der Waals surface area contributed by atoms with Crippen molar-refractivity contribution in [3.8, 4) is 11.5 Å². The maximum atomic E-state index is 5.42. The van der Waals surface area contributed by atoms with Gasteiger partial charge < -0.3 is 20.1 Å². The van der Waals surface area contributed by atoms with Crippen LogP contribution >= 0.6 is 24.0 Å². The van der Waals surface area contributed by atoms with Gasteiger partial charge in [0.15, 0.2) is 5.96 Å². The molecule has 24 heavy (non-hydrogen) atoms. The summed E-state index contributed by atoms with van der Waals surface area (Å²) >= 11 is 0. The highest BCUT2D eigenvalue weighted by molar-refractivity contribution is 14.0. The SMILES string of the molecule is CCCCCC(C)NC(=NC)NCc1ccc(OC)cc1OC.I. The van der Waals surface area contributed by atoms with E-state index >= 15 is 0 Å². The maximum absolute atomic E-state index is 5.42. The number of methoxy groups -OCH3 is 2. The van der Waals surface area contributed by atoms with Crippen LogP contribution in [0.3, 0.4) is 0 Å². The highest BCUT2D eigenvalue weighted by atomic mass is 127. The van der Waals surface area contributed by atoms with E-state index in [2.05, 4.69) is 29.5 Å².